The van der Waals surface area contributed by atoms with E-state index in [0.29, 0.717) is 11.8 Å². The molecule has 2 rings (SSSR count). The molecule has 2 heterocycles. The van der Waals surface area contributed by atoms with Crippen LogP contribution in [-0.2, 0) is 9.53 Å². The van der Waals surface area contributed by atoms with Gasteiger partial charge in [0, 0.05) is 18.9 Å². The second-order valence-corrected chi connectivity index (χ2v) is 6.32. The van der Waals surface area contributed by atoms with Gasteiger partial charge < -0.3 is 9.64 Å². The summed E-state index contributed by atoms with van der Waals surface area (Å²) in [5.74, 6) is 1.49. The van der Waals surface area contributed by atoms with Crippen LogP contribution in [0, 0.1) is 17.8 Å². The zero-order valence-corrected chi connectivity index (χ0v) is 12.4. The van der Waals surface area contributed by atoms with Crippen molar-refractivity contribution in [3.8, 4) is 0 Å². The Bertz CT molecular complexity index is 330. The molecule has 0 radical (unpaired) electrons. The highest BCUT2D eigenvalue weighted by Crippen LogP contribution is 2.45. The summed E-state index contributed by atoms with van der Waals surface area (Å²) in [5, 5.41) is 0. The summed E-state index contributed by atoms with van der Waals surface area (Å²) in [4.78, 5) is 14.3. The van der Waals surface area contributed by atoms with Crippen LogP contribution in [0.15, 0.2) is 0 Å². The minimum Gasteiger partial charge on any atom is -0.352 e. The smallest absolute Gasteiger partial charge is 0.227 e. The van der Waals surface area contributed by atoms with Gasteiger partial charge in [-0.2, -0.15) is 0 Å². The number of hydrogen-bond donors (Lipinski definition) is 0. The molecule has 1 spiro atoms. The third kappa shape index (κ3) is 1.97. The van der Waals surface area contributed by atoms with Gasteiger partial charge in [-0.3, -0.25) is 4.79 Å². The summed E-state index contributed by atoms with van der Waals surface area (Å²) in [6, 6.07) is 0. The van der Waals surface area contributed by atoms with Crippen molar-refractivity contribution in [2.75, 3.05) is 7.05 Å². The Balaban J connectivity index is 2.24. The monoisotopic (exact) mass is 253 g/mol. The maximum atomic E-state index is 12.4. The minimum absolute atomic E-state index is 0.189. The lowest BCUT2D eigenvalue weighted by molar-refractivity contribution is -0.252. The molecule has 18 heavy (non-hydrogen) atoms. The summed E-state index contributed by atoms with van der Waals surface area (Å²) >= 11 is 0. The fraction of sp³-hybridized carbons (Fsp3) is 0.933. The van der Waals surface area contributed by atoms with Crippen LogP contribution in [0.1, 0.15) is 53.4 Å². The maximum absolute atomic E-state index is 12.4. The molecule has 104 valence electrons. The molecular weight excluding hydrogens is 226 g/mol. The van der Waals surface area contributed by atoms with Gasteiger partial charge in [-0.1, -0.05) is 20.8 Å². The molecule has 0 bridgehead atoms. The molecule has 1 amide bonds. The van der Waals surface area contributed by atoms with Crippen molar-refractivity contribution in [3.63, 3.8) is 0 Å². The molecule has 2 fully saturated rings. The fourth-order valence-corrected chi connectivity index (χ4v) is 3.62. The number of rotatable bonds is 1. The highest BCUT2D eigenvalue weighted by atomic mass is 16.5. The lowest BCUT2D eigenvalue weighted by Crippen LogP contribution is -2.64. The first-order valence-corrected chi connectivity index (χ1v) is 7.37. The highest BCUT2D eigenvalue weighted by molar-refractivity contribution is 5.80. The van der Waals surface area contributed by atoms with Gasteiger partial charge in [0.15, 0.2) is 0 Å². The first kappa shape index (κ1) is 13.9. The van der Waals surface area contributed by atoms with Crippen LogP contribution in [0.3, 0.4) is 0 Å². The number of ether oxygens (including phenoxy) is 1. The van der Waals surface area contributed by atoms with E-state index in [4.69, 9.17) is 4.74 Å². The molecule has 0 aromatic rings. The Morgan fingerprint density at radius 3 is 2.61 bits per heavy atom. The molecule has 5 unspecified atom stereocenters. The van der Waals surface area contributed by atoms with Crippen LogP contribution in [-0.4, -0.2) is 29.7 Å². The Morgan fingerprint density at radius 2 is 2.06 bits per heavy atom. The van der Waals surface area contributed by atoms with Crippen molar-refractivity contribution in [3.05, 3.63) is 0 Å². The SMILES string of the molecule is CCC1CC(C)C2(CCC(C)C(C)O2)N(C)C1=O. The van der Waals surface area contributed by atoms with E-state index in [1.807, 2.05) is 11.9 Å². The van der Waals surface area contributed by atoms with Crippen LogP contribution in [0.25, 0.3) is 0 Å². The van der Waals surface area contributed by atoms with Gasteiger partial charge in [0.05, 0.1) is 6.10 Å². The van der Waals surface area contributed by atoms with Gasteiger partial charge in [-0.25, -0.2) is 0 Å². The zero-order chi connectivity index (χ0) is 13.5. The number of nitrogens with zero attached hydrogens (tertiary/aromatic N) is 1. The number of piperidine rings is 1. The molecule has 0 N–H and O–H groups in total. The average Bonchev–Trinajstić information content (AvgIpc) is 2.36. The van der Waals surface area contributed by atoms with E-state index in [-0.39, 0.29) is 23.7 Å². The van der Waals surface area contributed by atoms with Crippen molar-refractivity contribution in [2.24, 2.45) is 17.8 Å². The topological polar surface area (TPSA) is 29.5 Å². The van der Waals surface area contributed by atoms with Crippen LogP contribution in [0.2, 0.25) is 0 Å². The second kappa shape index (κ2) is 4.84. The van der Waals surface area contributed by atoms with Gasteiger partial charge in [0.1, 0.15) is 5.72 Å². The number of carbonyl (C=O) groups is 1. The van der Waals surface area contributed by atoms with Crippen LogP contribution >= 0.6 is 0 Å². The number of likely N-dealkylation sites (tertiary alicyclic amines) is 1. The molecule has 2 saturated heterocycles. The maximum Gasteiger partial charge on any atom is 0.227 e. The number of carbonyl (C=O) groups excluding carboxylic acids is 1. The Labute approximate surface area is 111 Å². The predicted molar refractivity (Wildman–Crippen MR) is 72.0 cm³/mol. The number of hydrogen-bond acceptors (Lipinski definition) is 2. The van der Waals surface area contributed by atoms with E-state index in [2.05, 4.69) is 27.7 Å². The first-order chi connectivity index (χ1) is 8.42. The van der Waals surface area contributed by atoms with E-state index in [0.717, 1.165) is 25.7 Å². The summed E-state index contributed by atoms with van der Waals surface area (Å²) < 4.78 is 6.32. The van der Waals surface area contributed by atoms with Crippen LogP contribution in [0.4, 0.5) is 0 Å². The molecule has 3 nitrogen and oxygen atoms in total. The third-order valence-corrected chi connectivity index (χ3v) is 5.30. The van der Waals surface area contributed by atoms with Crippen LogP contribution in [0.5, 0.6) is 0 Å². The van der Waals surface area contributed by atoms with Gasteiger partial charge >= 0.3 is 0 Å². The standard InChI is InChI=1S/C15H27NO2/c1-6-13-9-11(3)15(16(5)14(13)17)8-7-10(2)12(4)18-15/h10-13H,6-9H2,1-5H3. The van der Waals surface area contributed by atoms with E-state index >= 15 is 0 Å². The molecule has 0 aromatic heterocycles. The summed E-state index contributed by atoms with van der Waals surface area (Å²) in [6.07, 6.45) is 4.30. The second-order valence-electron chi connectivity index (χ2n) is 6.32. The van der Waals surface area contributed by atoms with E-state index in [9.17, 15) is 4.79 Å². The number of amides is 1. The van der Waals surface area contributed by atoms with Gasteiger partial charge in [0.25, 0.3) is 0 Å². The Kier molecular flexibility index (Phi) is 3.72. The Morgan fingerprint density at radius 1 is 1.39 bits per heavy atom. The van der Waals surface area contributed by atoms with Crippen molar-refractivity contribution in [1.82, 2.24) is 4.90 Å². The molecule has 0 aromatic carbocycles. The summed E-state index contributed by atoms with van der Waals surface area (Å²) in [6.45, 7) is 8.73. The lowest BCUT2D eigenvalue weighted by atomic mass is 9.75. The summed E-state index contributed by atoms with van der Waals surface area (Å²) in [5.41, 5.74) is -0.339. The molecule has 2 aliphatic heterocycles. The largest absolute Gasteiger partial charge is 0.352 e. The molecule has 0 saturated carbocycles. The van der Waals surface area contributed by atoms with Gasteiger partial charge in [-0.05, 0) is 38.5 Å². The zero-order valence-electron chi connectivity index (χ0n) is 12.4. The predicted octanol–water partition coefficient (Wildman–Crippen LogP) is 3.04. The van der Waals surface area contributed by atoms with Crippen molar-refractivity contribution in [1.29, 1.82) is 0 Å². The molecule has 0 aliphatic carbocycles. The van der Waals surface area contributed by atoms with Crippen molar-refractivity contribution in [2.45, 2.75) is 65.2 Å². The van der Waals surface area contributed by atoms with E-state index < -0.39 is 0 Å². The van der Waals surface area contributed by atoms with Gasteiger partial charge in [-0.15, -0.1) is 0 Å². The van der Waals surface area contributed by atoms with E-state index in [1.54, 1.807) is 0 Å². The minimum atomic E-state index is -0.339. The van der Waals surface area contributed by atoms with Crippen LogP contribution < -0.4 is 0 Å². The molecule has 5 atom stereocenters. The normalized spacial score (nSPS) is 45.6. The third-order valence-electron chi connectivity index (χ3n) is 5.30. The van der Waals surface area contributed by atoms with E-state index in [1.165, 1.54) is 0 Å². The molecular formula is C15H27NO2. The average molecular weight is 253 g/mol. The summed E-state index contributed by atoms with van der Waals surface area (Å²) in [7, 11) is 1.93. The first-order valence-electron chi connectivity index (χ1n) is 7.37. The van der Waals surface area contributed by atoms with Gasteiger partial charge in [0.2, 0.25) is 5.91 Å². The molecule has 3 heteroatoms. The fourth-order valence-electron chi connectivity index (χ4n) is 3.62. The Hall–Kier alpha value is -0.570. The van der Waals surface area contributed by atoms with Crippen molar-refractivity contribution < 1.29 is 9.53 Å². The quantitative estimate of drug-likeness (QED) is 0.719. The lowest BCUT2D eigenvalue weighted by Gasteiger charge is -2.55. The van der Waals surface area contributed by atoms with Crippen molar-refractivity contribution >= 4 is 5.91 Å². The molecule has 2 aliphatic rings. The highest BCUT2D eigenvalue weighted by Gasteiger charge is 2.52.